The Morgan fingerprint density at radius 1 is 1.25 bits per heavy atom. The molecule has 2 aromatic carbocycles. The summed E-state index contributed by atoms with van der Waals surface area (Å²) in [5, 5.41) is 4.49. The highest BCUT2D eigenvalue weighted by molar-refractivity contribution is 9.10. The number of rotatable bonds is 5. The maximum Gasteiger partial charge on any atom is 0.271 e. The van der Waals surface area contributed by atoms with E-state index in [1.807, 2.05) is 6.92 Å². The summed E-state index contributed by atoms with van der Waals surface area (Å²) in [5.74, 6) is 0.811. The second kappa shape index (κ2) is 8.17. The van der Waals surface area contributed by atoms with Crippen LogP contribution >= 0.6 is 27.5 Å². The molecule has 0 aromatic heterocycles. The number of carbonyl (C=O) groups excluding carboxylic acids is 1. The van der Waals surface area contributed by atoms with Crippen LogP contribution in [0.4, 0.5) is 0 Å². The van der Waals surface area contributed by atoms with Crippen molar-refractivity contribution < 1.29 is 14.3 Å². The third kappa shape index (κ3) is 4.27. The number of carbonyl (C=O) groups is 1. The van der Waals surface area contributed by atoms with Crippen molar-refractivity contribution in [3.63, 3.8) is 0 Å². The number of hydrazone groups is 1. The number of amides is 1. The average Bonchev–Trinajstić information content (AvgIpc) is 2.56. The molecule has 2 rings (SSSR count). The minimum atomic E-state index is -0.340. The van der Waals surface area contributed by atoms with E-state index in [9.17, 15) is 4.79 Å². The van der Waals surface area contributed by atoms with Gasteiger partial charge in [0.1, 0.15) is 0 Å². The van der Waals surface area contributed by atoms with Gasteiger partial charge in [-0.3, -0.25) is 4.79 Å². The predicted octanol–water partition coefficient (Wildman–Crippen LogP) is 4.19. The van der Waals surface area contributed by atoms with Crippen LogP contribution in [-0.4, -0.2) is 26.3 Å². The molecule has 1 amide bonds. The van der Waals surface area contributed by atoms with E-state index in [2.05, 4.69) is 26.5 Å². The van der Waals surface area contributed by atoms with Crippen molar-refractivity contribution in [2.75, 3.05) is 14.2 Å². The molecule has 1 N–H and O–H groups in total. The van der Waals surface area contributed by atoms with Crippen LogP contribution in [0.2, 0.25) is 5.02 Å². The molecule has 0 aliphatic carbocycles. The lowest BCUT2D eigenvalue weighted by atomic mass is 10.1. The fourth-order valence-electron chi connectivity index (χ4n) is 1.98. The highest BCUT2D eigenvalue weighted by Gasteiger charge is 2.10. The molecular formula is C17H16BrClN2O3. The van der Waals surface area contributed by atoms with Crippen LogP contribution in [0.1, 0.15) is 21.5 Å². The van der Waals surface area contributed by atoms with Crippen LogP contribution in [0.3, 0.4) is 0 Å². The van der Waals surface area contributed by atoms with Crippen LogP contribution < -0.4 is 14.9 Å². The van der Waals surface area contributed by atoms with Crippen molar-refractivity contribution in [2.45, 2.75) is 6.92 Å². The number of ether oxygens (including phenoxy) is 2. The number of hydrogen-bond donors (Lipinski definition) is 1. The third-order valence-corrected chi connectivity index (χ3v) is 4.27. The first-order chi connectivity index (χ1) is 11.5. The van der Waals surface area contributed by atoms with Gasteiger partial charge in [0.25, 0.3) is 5.91 Å². The minimum Gasteiger partial charge on any atom is -0.493 e. The van der Waals surface area contributed by atoms with Gasteiger partial charge < -0.3 is 9.47 Å². The number of nitrogens with zero attached hydrogens (tertiary/aromatic N) is 1. The number of hydrogen-bond acceptors (Lipinski definition) is 4. The Hall–Kier alpha value is -2.05. The summed E-state index contributed by atoms with van der Waals surface area (Å²) in [5.41, 5.74) is 4.55. The maximum absolute atomic E-state index is 12.1. The normalized spacial score (nSPS) is 10.7. The van der Waals surface area contributed by atoms with Gasteiger partial charge in [-0.25, -0.2) is 5.43 Å². The van der Waals surface area contributed by atoms with Gasteiger partial charge in [0.2, 0.25) is 0 Å². The predicted molar refractivity (Wildman–Crippen MR) is 98.5 cm³/mol. The van der Waals surface area contributed by atoms with E-state index in [1.165, 1.54) is 6.21 Å². The molecule has 7 heteroatoms. The van der Waals surface area contributed by atoms with Gasteiger partial charge >= 0.3 is 0 Å². The Morgan fingerprint density at radius 2 is 2.00 bits per heavy atom. The summed E-state index contributed by atoms with van der Waals surface area (Å²) in [7, 11) is 3.11. The molecule has 0 fully saturated rings. The summed E-state index contributed by atoms with van der Waals surface area (Å²) in [6.45, 7) is 1.87. The van der Waals surface area contributed by atoms with Gasteiger partial charge in [0.15, 0.2) is 11.5 Å². The van der Waals surface area contributed by atoms with Crippen LogP contribution in [-0.2, 0) is 0 Å². The molecule has 24 heavy (non-hydrogen) atoms. The third-order valence-electron chi connectivity index (χ3n) is 3.27. The summed E-state index contributed by atoms with van der Waals surface area (Å²) in [4.78, 5) is 12.1. The van der Waals surface area contributed by atoms with Crippen molar-refractivity contribution in [3.8, 4) is 11.5 Å². The van der Waals surface area contributed by atoms with Crippen molar-refractivity contribution in [1.29, 1.82) is 0 Å². The molecule has 0 unspecified atom stereocenters. The van der Waals surface area contributed by atoms with Crippen LogP contribution in [0.5, 0.6) is 11.5 Å². The standard InChI is InChI=1S/C17H16BrClN2O3/c1-10-4-5-12(8-14(10)19)17(22)21-20-9-11-6-13(18)16(24-3)15(7-11)23-2/h4-9H,1-3H3,(H,21,22)/b20-9-. The van der Waals surface area contributed by atoms with E-state index >= 15 is 0 Å². The number of benzene rings is 2. The van der Waals surface area contributed by atoms with Gasteiger partial charge in [-0.05, 0) is 58.2 Å². The van der Waals surface area contributed by atoms with E-state index in [-0.39, 0.29) is 5.91 Å². The summed E-state index contributed by atoms with van der Waals surface area (Å²) >= 11 is 9.42. The first-order valence-electron chi connectivity index (χ1n) is 6.97. The number of nitrogens with one attached hydrogen (secondary N) is 1. The molecule has 0 bridgehead atoms. The SMILES string of the molecule is COc1cc(/C=N\NC(=O)c2ccc(C)c(Cl)c2)cc(Br)c1OC. The monoisotopic (exact) mass is 410 g/mol. The quantitative estimate of drug-likeness (QED) is 0.593. The van der Waals surface area contributed by atoms with Gasteiger partial charge in [0, 0.05) is 10.6 Å². The Kier molecular flexibility index (Phi) is 6.23. The molecule has 0 spiro atoms. The first kappa shape index (κ1) is 18.3. The zero-order valence-electron chi connectivity index (χ0n) is 13.4. The Bertz CT molecular complexity index is 794. The smallest absolute Gasteiger partial charge is 0.271 e. The molecule has 0 heterocycles. The maximum atomic E-state index is 12.1. The lowest BCUT2D eigenvalue weighted by Crippen LogP contribution is -2.17. The molecule has 0 aliphatic heterocycles. The lowest BCUT2D eigenvalue weighted by Gasteiger charge is -2.10. The van der Waals surface area contributed by atoms with Gasteiger partial charge in [0.05, 0.1) is 24.9 Å². The molecule has 2 aromatic rings. The molecule has 0 atom stereocenters. The fourth-order valence-corrected chi connectivity index (χ4v) is 2.78. The Balaban J connectivity index is 2.12. The van der Waals surface area contributed by atoms with Gasteiger partial charge in [-0.15, -0.1) is 0 Å². The highest BCUT2D eigenvalue weighted by Crippen LogP contribution is 2.35. The van der Waals surface area contributed by atoms with E-state index in [1.54, 1.807) is 44.6 Å². The van der Waals surface area contributed by atoms with Crippen molar-refractivity contribution in [2.24, 2.45) is 5.10 Å². The summed E-state index contributed by atoms with van der Waals surface area (Å²) in [6.07, 6.45) is 1.51. The number of methoxy groups -OCH3 is 2. The van der Waals surface area contributed by atoms with Crippen LogP contribution in [0.25, 0.3) is 0 Å². The van der Waals surface area contributed by atoms with E-state index in [0.29, 0.717) is 22.1 Å². The molecule has 126 valence electrons. The Morgan fingerprint density at radius 3 is 2.62 bits per heavy atom. The zero-order valence-corrected chi connectivity index (χ0v) is 15.7. The average molecular weight is 412 g/mol. The Labute approximate surface area is 153 Å². The van der Waals surface area contributed by atoms with Crippen molar-refractivity contribution >= 4 is 39.7 Å². The largest absolute Gasteiger partial charge is 0.493 e. The van der Waals surface area contributed by atoms with Crippen molar-refractivity contribution in [3.05, 3.63) is 56.5 Å². The summed E-state index contributed by atoms with van der Waals surface area (Å²) in [6, 6.07) is 8.64. The number of halogens is 2. The minimum absolute atomic E-state index is 0.340. The van der Waals surface area contributed by atoms with Crippen molar-refractivity contribution in [1.82, 2.24) is 5.43 Å². The van der Waals surface area contributed by atoms with E-state index < -0.39 is 0 Å². The van der Waals surface area contributed by atoms with E-state index in [0.717, 1.165) is 15.6 Å². The molecule has 5 nitrogen and oxygen atoms in total. The van der Waals surface area contributed by atoms with Crippen LogP contribution in [0.15, 0.2) is 39.9 Å². The van der Waals surface area contributed by atoms with Gasteiger partial charge in [-0.1, -0.05) is 17.7 Å². The lowest BCUT2D eigenvalue weighted by molar-refractivity contribution is 0.0955. The second-order valence-corrected chi connectivity index (χ2v) is 6.16. The second-order valence-electron chi connectivity index (χ2n) is 4.90. The topological polar surface area (TPSA) is 59.9 Å². The highest BCUT2D eigenvalue weighted by atomic mass is 79.9. The molecule has 0 aliphatic rings. The molecule has 0 saturated carbocycles. The molecular weight excluding hydrogens is 396 g/mol. The molecule has 0 radical (unpaired) electrons. The fraction of sp³-hybridized carbons (Fsp3) is 0.176. The summed E-state index contributed by atoms with van der Waals surface area (Å²) < 4.78 is 11.2. The van der Waals surface area contributed by atoms with Gasteiger partial charge in [-0.2, -0.15) is 5.10 Å². The van der Waals surface area contributed by atoms with Crippen LogP contribution in [0, 0.1) is 6.92 Å². The molecule has 0 saturated heterocycles. The van der Waals surface area contributed by atoms with E-state index in [4.69, 9.17) is 21.1 Å². The first-order valence-corrected chi connectivity index (χ1v) is 8.14. The zero-order chi connectivity index (χ0) is 17.7. The number of aryl methyl sites for hydroxylation is 1.